The Labute approximate surface area is 175 Å². The minimum absolute atomic E-state index is 0.243. The van der Waals surface area contributed by atoms with Crippen molar-refractivity contribution in [1.82, 2.24) is 14.5 Å². The first kappa shape index (κ1) is 19.8. The highest BCUT2D eigenvalue weighted by Gasteiger charge is 2.24. The molecule has 0 unspecified atom stereocenters. The zero-order valence-electron chi connectivity index (χ0n) is 15.5. The summed E-state index contributed by atoms with van der Waals surface area (Å²) < 4.78 is 15.3. The van der Waals surface area contributed by atoms with E-state index in [1.54, 1.807) is 30.0 Å². The maximum absolute atomic E-state index is 13.1. The van der Waals surface area contributed by atoms with E-state index in [2.05, 4.69) is 9.97 Å². The Morgan fingerprint density at radius 1 is 1.24 bits per heavy atom. The van der Waals surface area contributed by atoms with Gasteiger partial charge in [-0.2, -0.15) is 9.97 Å². The first-order chi connectivity index (χ1) is 13.9. The van der Waals surface area contributed by atoms with Crippen molar-refractivity contribution >= 4 is 34.5 Å². The Bertz CT molecular complexity index is 1130. The summed E-state index contributed by atoms with van der Waals surface area (Å²) >= 11 is 7.36. The van der Waals surface area contributed by atoms with Gasteiger partial charge in [0, 0.05) is 11.4 Å². The highest BCUT2D eigenvalue weighted by Crippen LogP contribution is 2.25. The third kappa shape index (κ3) is 4.24. The molecule has 4 rings (SSSR count). The molecule has 0 spiro atoms. The zero-order valence-corrected chi connectivity index (χ0v) is 17.1. The number of rotatable bonds is 4. The van der Waals surface area contributed by atoms with Crippen LogP contribution in [0.4, 0.5) is 10.3 Å². The lowest BCUT2D eigenvalue weighted by molar-refractivity contribution is 0.233. The van der Waals surface area contributed by atoms with Crippen molar-refractivity contribution in [3.63, 3.8) is 0 Å². The lowest BCUT2D eigenvalue weighted by atomic mass is 9.97. The molecule has 0 radical (unpaired) electrons. The molecule has 1 aliphatic heterocycles. The van der Waals surface area contributed by atoms with Crippen molar-refractivity contribution in [2.24, 2.45) is 0 Å². The van der Waals surface area contributed by atoms with Crippen LogP contribution in [0.1, 0.15) is 16.3 Å². The molecule has 1 atom stereocenters. The van der Waals surface area contributed by atoms with Crippen molar-refractivity contribution in [3.05, 3.63) is 79.4 Å². The van der Waals surface area contributed by atoms with Crippen LogP contribution in [0.2, 0.25) is 4.34 Å². The average Bonchev–Trinajstić information content (AvgIpc) is 3.10. The van der Waals surface area contributed by atoms with Crippen molar-refractivity contribution in [2.75, 3.05) is 18.0 Å². The number of hydrogen-bond acceptors (Lipinski definition) is 6. The molecule has 0 aliphatic carbocycles. The predicted octanol–water partition coefficient (Wildman–Crippen LogP) is 3.11. The number of aromatic nitrogens is 3. The first-order valence-corrected chi connectivity index (χ1v) is 10.2. The Balaban J connectivity index is 1.56. The Morgan fingerprint density at radius 2 is 2.00 bits per heavy atom. The summed E-state index contributed by atoms with van der Waals surface area (Å²) in [5, 5.41) is 10.6. The number of halogens is 2. The van der Waals surface area contributed by atoms with E-state index in [0.717, 1.165) is 16.0 Å². The van der Waals surface area contributed by atoms with Gasteiger partial charge in [-0.3, -0.25) is 4.57 Å². The fourth-order valence-corrected chi connectivity index (χ4v) is 4.35. The normalized spacial score (nSPS) is 16.8. The lowest BCUT2D eigenvalue weighted by Crippen LogP contribution is -2.40. The van der Waals surface area contributed by atoms with E-state index in [0.29, 0.717) is 23.3 Å². The van der Waals surface area contributed by atoms with Crippen LogP contribution in [0.5, 0.6) is 0 Å². The molecule has 150 valence electrons. The van der Waals surface area contributed by atoms with Crippen LogP contribution < -0.4 is 10.6 Å². The number of β-amino-alcohol motifs (C(OH)–C–C–N with tert-alkyl or cyclic N) is 1. The van der Waals surface area contributed by atoms with E-state index in [1.807, 2.05) is 12.1 Å². The van der Waals surface area contributed by atoms with Crippen LogP contribution in [0.15, 0.2) is 47.3 Å². The van der Waals surface area contributed by atoms with Gasteiger partial charge in [-0.15, -0.1) is 11.3 Å². The van der Waals surface area contributed by atoms with Gasteiger partial charge in [-0.1, -0.05) is 29.8 Å². The molecule has 0 amide bonds. The highest BCUT2D eigenvalue weighted by molar-refractivity contribution is 7.16. The smallest absolute Gasteiger partial charge is 0.352 e. The SMILES string of the molecule is Cc1nc(N2CC=C(c3ccc(F)cc3)[C@@H](O)C2)nc(=O)n1Cc1ccc(Cl)s1. The first-order valence-electron chi connectivity index (χ1n) is 8.99. The second-order valence-electron chi connectivity index (χ2n) is 6.73. The molecular weight excluding hydrogens is 415 g/mol. The highest BCUT2D eigenvalue weighted by atomic mass is 35.5. The molecule has 1 N–H and O–H groups in total. The average molecular weight is 433 g/mol. The van der Waals surface area contributed by atoms with Gasteiger partial charge in [0.1, 0.15) is 11.6 Å². The molecule has 29 heavy (non-hydrogen) atoms. The van der Waals surface area contributed by atoms with Crippen molar-refractivity contribution in [1.29, 1.82) is 0 Å². The topological polar surface area (TPSA) is 71.2 Å². The summed E-state index contributed by atoms with van der Waals surface area (Å²) in [5.74, 6) is 0.490. The molecule has 0 saturated carbocycles. The van der Waals surface area contributed by atoms with Gasteiger partial charge in [0.05, 0.1) is 23.5 Å². The monoisotopic (exact) mass is 432 g/mol. The third-order valence-electron chi connectivity index (χ3n) is 4.77. The summed E-state index contributed by atoms with van der Waals surface area (Å²) in [5.41, 5.74) is 1.08. The molecule has 1 aromatic carbocycles. The third-order valence-corrected chi connectivity index (χ3v) is 5.98. The molecule has 6 nitrogen and oxygen atoms in total. The summed E-state index contributed by atoms with van der Waals surface area (Å²) in [7, 11) is 0. The molecule has 1 aliphatic rings. The van der Waals surface area contributed by atoms with Crippen molar-refractivity contribution < 1.29 is 9.50 Å². The van der Waals surface area contributed by atoms with E-state index in [-0.39, 0.29) is 18.3 Å². The van der Waals surface area contributed by atoms with Gasteiger partial charge < -0.3 is 10.0 Å². The molecule has 2 aromatic heterocycles. The quantitative estimate of drug-likeness (QED) is 0.686. The van der Waals surface area contributed by atoms with Gasteiger partial charge in [0.2, 0.25) is 5.95 Å². The molecule has 9 heteroatoms. The molecule has 0 bridgehead atoms. The van der Waals surface area contributed by atoms with Gasteiger partial charge in [-0.25, -0.2) is 9.18 Å². The number of benzene rings is 1. The fourth-order valence-electron chi connectivity index (χ4n) is 3.27. The number of nitrogens with zero attached hydrogens (tertiary/aromatic N) is 4. The summed E-state index contributed by atoms with van der Waals surface area (Å²) in [6, 6.07) is 9.66. The van der Waals surface area contributed by atoms with Crippen LogP contribution >= 0.6 is 22.9 Å². The van der Waals surface area contributed by atoms with Crippen LogP contribution in [0, 0.1) is 12.7 Å². The number of aryl methyl sites for hydroxylation is 1. The standard InChI is InChI=1S/C20H18ClFN4O2S/c1-12-23-19(24-20(28)26(12)10-15-6-7-18(21)29-15)25-9-8-16(17(27)11-25)13-2-4-14(22)5-3-13/h2-8,17,27H,9-11H2,1H3/t17-/m0/s1. The summed E-state index contributed by atoms with van der Waals surface area (Å²) in [6.45, 7) is 2.79. The predicted molar refractivity (Wildman–Crippen MR) is 112 cm³/mol. The minimum Gasteiger partial charge on any atom is -0.387 e. The second-order valence-corrected chi connectivity index (χ2v) is 8.53. The number of hydrogen-bond donors (Lipinski definition) is 1. The lowest BCUT2D eigenvalue weighted by Gasteiger charge is -2.30. The maximum Gasteiger partial charge on any atom is 0.352 e. The van der Waals surface area contributed by atoms with E-state index < -0.39 is 11.8 Å². The van der Waals surface area contributed by atoms with Crippen LogP contribution in [0.3, 0.4) is 0 Å². The van der Waals surface area contributed by atoms with Crippen molar-refractivity contribution in [2.45, 2.75) is 19.6 Å². The Hall–Kier alpha value is -2.55. The molecule has 0 saturated heterocycles. The number of thiophene rings is 1. The van der Waals surface area contributed by atoms with Gasteiger partial charge in [0.25, 0.3) is 0 Å². The summed E-state index contributed by atoms with van der Waals surface area (Å²) in [4.78, 5) is 23.8. The zero-order chi connectivity index (χ0) is 20.5. The van der Waals surface area contributed by atoms with Gasteiger partial charge in [-0.05, 0) is 42.3 Å². The molecule has 3 aromatic rings. The van der Waals surface area contributed by atoms with Gasteiger partial charge in [0.15, 0.2) is 0 Å². The minimum atomic E-state index is -0.797. The van der Waals surface area contributed by atoms with E-state index in [4.69, 9.17) is 11.6 Å². The Morgan fingerprint density at radius 3 is 2.62 bits per heavy atom. The summed E-state index contributed by atoms with van der Waals surface area (Å²) in [6.07, 6.45) is 1.05. The van der Waals surface area contributed by atoms with Gasteiger partial charge >= 0.3 is 5.69 Å². The van der Waals surface area contributed by atoms with Crippen LogP contribution in [-0.2, 0) is 6.54 Å². The van der Waals surface area contributed by atoms with E-state index in [9.17, 15) is 14.3 Å². The maximum atomic E-state index is 13.1. The number of aliphatic hydroxyl groups excluding tert-OH is 1. The fraction of sp³-hybridized carbons (Fsp3) is 0.250. The van der Waals surface area contributed by atoms with E-state index in [1.165, 1.54) is 28.0 Å². The van der Waals surface area contributed by atoms with Crippen molar-refractivity contribution in [3.8, 4) is 0 Å². The number of anilines is 1. The second kappa shape index (κ2) is 8.06. The van der Waals surface area contributed by atoms with Crippen LogP contribution in [0.25, 0.3) is 5.57 Å². The number of aliphatic hydroxyl groups is 1. The Kier molecular flexibility index (Phi) is 5.49. The molecular formula is C20H18ClFN4O2S. The van der Waals surface area contributed by atoms with E-state index >= 15 is 0 Å². The molecule has 3 heterocycles. The largest absolute Gasteiger partial charge is 0.387 e. The van der Waals surface area contributed by atoms with Crippen LogP contribution in [-0.4, -0.2) is 38.8 Å². The molecule has 0 fully saturated rings.